The third kappa shape index (κ3) is 4.95. The molecule has 31 heavy (non-hydrogen) atoms. The first-order valence-corrected chi connectivity index (χ1v) is 10.1. The molecular formula is C22H25N5O4. The summed E-state index contributed by atoms with van der Waals surface area (Å²) in [6, 6.07) is 10.6. The van der Waals surface area contributed by atoms with Gasteiger partial charge in [-0.1, -0.05) is 0 Å². The molecule has 2 aromatic carbocycles. The molecule has 3 N–H and O–H groups in total. The maximum absolute atomic E-state index is 11.6. The quantitative estimate of drug-likeness (QED) is 0.533. The number of carbonyl (C=O) groups is 2. The molecule has 0 aliphatic carbocycles. The SMILES string of the molecule is Cn1ncc2cc(C(N)=O)cc(Oc3ccc(OCCCN4CCNC(=O)C4)cc3)c21. The molecule has 9 heteroatoms. The van der Waals surface area contributed by atoms with Crippen molar-refractivity contribution in [2.24, 2.45) is 12.8 Å². The fourth-order valence-corrected chi connectivity index (χ4v) is 3.59. The van der Waals surface area contributed by atoms with Crippen LogP contribution in [0.2, 0.25) is 0 Å². The fraction of sp³-hybridized carbons (Fsp3) is 0.318. The van der Waals surface area contributed by atoms with Crippen molar-refractivity contribution in [1.29, 1.82) is 0 Å². The topological polar surface area (TPSA) is 112 Å². The Bertz CT molecular complexity index is 1090. The first kappa shape index (κ1) is 20.7. The molecule has 1 fully saturated rings. The van der Waals surface area contributed by atoms with Crippen molar-refractivity contribution in [2.45, 2.75) is 6.42 Å². The van der Waals surface area contributed by atoms with Gasteiger partial charge in [-0.15, -0.1) is 0 Å². The lowest BCUT2D eigenvalue weighted by molar-refractivity contribution is -0.124. The zero-order chi connectivity index (χ0) is 21.8. The van der Waals surface area contributed by atoms with Gasteiger partial charge in [-0.3, -0.25) is 19.2 Å². The van der Waals surface area contributed by atoms with E-state index in [1.54, 1.807) is 23.0 Å². The zero-order valence-electron chi connectivity index (χ0n) is 17.3. The van der Waals surface area contributed by atoms with Crippen LogP contribution in [0.1, 0.15) is 16.8 Å². The summed E-state index contributed by atoms with van der Waals surface area (Å²) in [7, 11) is 1.81. The third-order valence-corrected chi connectivity index (χ3v) is 5.14. The van der Waals surface area contributed by atoms with Gasteiger partial charge in [0.15, 0.2) is 5.75 Å². The van der Waals surface area contributed by atoms with E-state index in [2.05, 4.69) is 15.3 Å². The molecule has 0 saturated carbocycles. The molecule has 2 heterocycles. The number of benzene rings is 2. The van der Waals surface area contributed by atoms with Crippen molar-refractivity contribution in [3.63, 3.8) is 0 Å². The largest absolute Gasteiger partial charge is 0.494 e. The number of amides is 2. The Hall–Kier alpha value is -3.59. The van der Waals surface area contributed by atoms with Crippen LogP contribution in [-0.4, -0.2) is 59.3 Å². The summed E-state index contributed by atoms with van der Waals surface area (Å²) in [5, 5.41) is 7.83. The first-order valence-electron chi connectivity index (χ1n) is 10.1. The predicted molar refractivity (Wildman–Crippen MR) is 115 cm³/mol. The van der Waals surface area contributed by atoms with Crippen molar-refractivity contribution in [1.82, 2.24) is 20.0 Å². The number of ether oxygens (including phenoxy) is 2. The molecule has 1 saturated heterocycles. The first-order chi connectivity index (χ1) is 15.0. The molecule has 4 rings (SSSR count). The van der Waals surface area contributed by atoms with Crippen molar-refractivity contribution in [3.8, 4) is 17.2 Å². The average Bonchev–Trinajstić information content (AvgIpc) is 3.13. The summed E-state index contributed by atoms with van der Waals surface area (Å²) in [6.07, 6.45) is 2.51. The molecule has 9 nitrogen and oxygen atoms in total. The number of aryl methyl sites for hydroxylation is 1. The van der Waals surface area contributed by atoms with Crippen LogP contribution in [0.4, 0.5) is 0 Å². The molecule has 0 bridgehead atoms. The number of nitrogens with one attached hydrogen (secondary N) is 1. The van der Waals surface area contributed by atoms with E-state index in [4.69, 9.17) is 15.2 Å². The zero-order valence-corrected chi connectivity index (χ0v) is 17.3. The maximum Gasteiger partial charge on any atom is 0.248 e. The van der Waals surface area contributed by atoms with E-state index in [9.17, 15) is 9.59 Å². The lowest BCUT2D eigenvalue weighted by Gasteiger charge is -2.26. The number of rotatable bonds is 8. The molecular weight excluding hydrogens is 398 g/mol. The molecule has 162 valence electrons. The smallest absolute Gasteiger partial charge is 0.248 e. The van der Waals surface area contributed by atoms with Crippen LogP contribution < -0.4 is 20.5 Å². The van der Waals surface area contributed by atoms with Crippen molar-refractivity contribution in [3.05, 3.63) is 48.2 Å². The molecule has 1 aliphatic rings. The second kappa shape index (κ2) is 9.05. The Labute approximate surface area is 179 Å². The Balaban J connectivity index is 1.36. The number of primary amides is 1. The van der Waals surface area contributed by atoms with E-state index in [1.165, 1.54) is 0 Å². The van der Waals surface area contributed by atoms with Gasteiger partial charge in [-0.25, -0.2) is 0 Å². The van der Waals surface area contributed by atoms with E-state index in [1.807, 2.05) is 31.3 Å². The van der Waals surface area contributed by atoms with Crippen LogP contribution >= 0.6 is 0 Å². The summed E-state index contributed by atoms with van der Waals surface area (Å²) < 4.78 is 13.5. The minimum Gasteiger partial charge on any atom is -0.494 e. The van der Waals surface area contributed by atoms with E-state index >= 15 is 0 Å². The highest BCUT2D eigenvalue weighted by Crippen LogP contribution is 2.32. The van der Waals surface area contributed by atoms with Gasteiger partial charge in [-0.2, -0.15) is 5.10 Å². The van der Waals surface area contributed by atoms with E-state index in [-0.39, 0.29) is 5.91 Å². The molecule has 0 radical (unpaired) electrons. The Morgan fingerprint density at radius 1 is 1.23 bits per heavy atom. The number of aromatic nitrogens is 2. The lowest BCUT2D eigenvalue weighted by atomic mass is 10.1. The second-order valence-electron chi connectivity index (χ2n) is 7.45. The number of nitrogens with two attached hydrogens (primary N) is 1. The molecule has 0 unspecified atom stereocenters. The average molecular weight is 423 g/mol. The lowest BCUT2D eigenvalue weighted by Crippen LogP contribution is -2.47. The highest BCUT2D eigenvalue weighted by Gasteiger charge is 2.15. The summed E-state index contributed by atoms with van der Waals surface area (Å²) in [6.45, 7) is 3.42. The number of carbonyl (C=O) groups excluding carboxylic acids is 2. The summed E-state index contributed by atoms with van der Waals surface area (Å²) in [4.78, 5) is 25.2. The minimum atomic E-state index is -0.524. The van der Waals surface area contributed by atoms with Crippen LogP contribution in [0.5, 0.6) is 17.2 Å². The number of fused-ring (bicyclic) bond motifs is 1. The van der Waals surface area contributed by atoms with Crippen molar-refractivity contribution in [2.75, 3.05) is 32.8 Å². The van der Waals surface area contributed by atoms with E-state index < -0.39 is 5.91 Å². The number of piperazine rings is 1. The molecule has 0 spiro atoms. The molecule has 0 atom stereocenters. The Morgan fingerprint density at radius 2 is 2.00 bits per heavy atom. The third-order valence-electron chi connectivity index (χ3n) is 5.14. The fourth-order valence-electron chi connectivity index (χ4n) is 3.59. The van der Waals surface area contributed by atoms with Crippen molar-refractivity contribution < 1.29 is 19.1 Å². The summed E-state index contributed by atoms with van der Waals surface area (Å²) in [5.41, 5.74) is 6.58. The molecule has 2 amide bonds. The maximum atomic E-state index is 11.6. The summed E-state index contributed by atoms with van der Waals surface area (Å²) >= 11 is 0. The van der Waals surface area contributed by atoms with E-state index in [0.29, 0.717) is 36.8 Å². The van der Waals surface area contributed by atoms with Gasteiger partial charge in [0.1, 0.15) is 17.0 Å². The standard InChI is InChI=1S/C22H25N5O4/c1-26-21-16(13-25-26)11-15(22(23)29)12-19(21)31-18-5-3-17(4-6-18)30-10-2-8-27-9-7-24-20(28)14-27/h3-6,11-13H,2,7-10,14H2,1H3,(H2,23,29)(H,24,28). The van der Waals surface area contributed by atoms with Crippen LogP contribution in [0, 0.1) is 0 Å². The minimum absolute atomic E-state index is 0.0764. The summed E-state index contributed by atoms with van der Waals surface area (Å²) in [5.74, 6) is 1.40. The highest BCUT2D eigenvalue weighted by atomic mass is 16.5. The van der Waals surface area contributed by atoms with Crippen LogP contribution in [0.3, 0.4) is 0 Å². The van der Waals surface area contributed by atoms with Gasteiger partial charge >= 0.3 is 0 Å². The molecule has 3 aromatic rings. The van der Waals surface area contributed by atoms with Gasteiger partial charge in [0, 0.05) is 37.6 Å². The molecule has 1 aromatic heterocycles. The Morgan fingerprint density at radius 3 is 2.74 bits per heavy atom. The van der Waals surface area contributed by atoms with Gasteiger partial charge < -0.3 is 20.5 Å². The number of nitrogens with zero attached hydrogens (tertiary/aromatic N) is 3. The van der Waals surface area contributed by atoms with Crippen LogP contribution in [0.15, 0.2) is 42.6 Å². The highest BCUT2D eigenvalue weighted by molar-refractivity contribution is 5.99. The number of hydrogen-bond donors (Lipinski definition) is 2. The monoisotopic (exact) mass is 423 g/mol. The Kier molecular flexibility index (Phi) is 6.03. The van der Waals surface area contributed by atoms with E-state index in [0.717, 1.165) is 36.2 Å². The van der Waals surface area contributed by atoms with Gasteiger partial charge in [0.25, 0.3) is 0 Å². The predicted octanol–water partition coefficient (Wildman–Crippen LogP) is 1.67. The molecule has 1 aliphatic heterocycles. The van der Waals surface area contributed by atoms with Crippen LogP contribution in [-0.2, 0) is 11.8 Å². The van der Waals surface area contributed by atoms with Gasteiger partial charge in [0.2, 0.25) is 11.8 Å². The van der Waals surface area contributed by atoms with Crippen LogP contribution in [0.25, 0.3) is 10.9 Å². The van der Waals surface area contributed by atoms with Gasteiger partial charge in [-0.05, 0) is 42.8 Å². The number of hydrogen-bond acceptors (Lipinski definition) is 6. The second-order valence-corrected chi connectivity index (χ2v) is 7.45. The van der Waals surface area contributed by atoms with Crippen molar-refractivity contribution >= 4 is 22.7 Å². The normalized spacial score (nSPS) is 14.4. The van der Waals surface area contributed by atoms with Gasteiger partial charge in [0.05, 0.1) is 19.3 Å².